The minimum absolute atomic E-state index is 0.135. The summed E-state index contributed by atoms with van der Waals surface area (Å²) in [6.07, 6.45) is 3.53. The molecule has 1 saturated heterocycles. The molecule has 1 aromatic rings. The van der Waals surface area contributed by atoms with E-state index in [0.29, 0.717) is 25.4 Å². The van der Waals surface area contributed by atoms with Crippen LogP contribution in [0.1, 0.15) is 31.7 Å². The molecule has 0 radical (unpaired) electrons. The monoisotopic (exact) mass is 291 g/mol. The predicted octanol–water partition coefficient (Wildman–Crippen LogP) is 2.56. The van der Waals surface area contributed by atoms with Gasteiger partial charge in [0.1, 0.15) is 5.75 Å². The number of aryl methyl sites for hydroxylation is 1. The Morgan fingerprint density at radius 3 is 2.62 bits per heavy atom. The first kappa shape index (κ1) is 15.8. The lowest BCUT2D eigenvalue weighted by atomic mass is 9.99. The normalized spacial score (nSPS) is 15.7. The van der Waals surface area contributed by atoms with Gasteiger partial charge in [0.25, 0.3) is 0 Å². The van der Waals surface area contributed by atoms with Crippen LogP contribution in [-0.2, 0) is 16.0 Å². The Morgan fingerprint density at radius 1 is 1.24 bits per heavy atom. The van der Waals surface area contributed by atoms with Crippen molar-refractivity contribution in [3.05, 3.63) is 29.8 Å². The number of piperidine rings is 1. The highest BCUT2D eigenvalue weighted by Gasteiger charge is 2.13. The average Bonchev–Trinajstić information content (AvgIpc) is 2.53. The van der Waals surface area contributed by atoms with E-state index in [2.05, 4.69) is 5.32 Å². The van der Waals surface area contributed by atoms with Crippen molar-refractivity contribution in [3.8, 4) is 5.75 Å². The van der Waals surface area contributed by atoms with E-state index in [1.165, 1.54) is 12.8 Å². The molecular weight excluding hydrogens is 266 g/mol. The largest absolute Gasteiger partial charge is 0.493 e. The summed E-state index contributed by atoms with van der Waals surface area (Å²) >= 11 is 0. The van der Waals surface area contributed by atoms with Crippen molar-refractivity contribution in [2.24, 2.45) is 5.92 Å². The van der Waals surface area contributed by atoms with Crippen molar-refractivity contribution in [3.63, 3.8) is 0 Å². The highest BCUT2D eigenvalue weighted by atomic mass is 16.5. The maximum absolute atomic E-state index is 11.3. The number of carbonyl (C=O) groups is 1. The molecule has 2 rings (SSSR count). The zero-order chi connectivity index (χ0) is 14.9. The van der Waals surface area contributed by atoms with Gasteiger partial charge in [-0.1, -0.05) is 12.1 Å². The summed E-state index contributed by atoms with van der Waals surface area (Å²) in [7, 11) is 0. The van der Waals surface area contributed by atoms with E-state index in [-0.39, 0.29) is 5.97 Å². The number of hydrogen-bond donors (Lipinski definition) is 1. The first-order valence-corrected chi connectivity index (χ1v) is 7.86. The molecule has 0 aromatic heterocycles. The quantitative estimate of drug-likeness (QED) is 0.784. The molecule has 0 spiro atoms. The van der Waals surface area contributed by atoms with Crippen LogP contribution in [0.25, 0.3) is 0 Å². The van der Waals surface area contributed by atoms with Crippen LogP contribution in [-0.4, -0.2) is 32.3 Å². The number of nitrogens with one attached hydrogen (secondary N) is 1. The Kier molecular flexibility index (Phi) is 6.54. The third-order valence-corrected chi connectivity index (χ3v) is 3.79. The van der Waals surface area contributed by atoms with Gasteiger partial charge in [-0.05, 0) is 62.9 Å². The number of benzene rings is 1. The minimum Gasteiger partial charge on any atom is -0.493 e. The van der Waals surface area contributed by atoms with E-state index < -0.39 is 0 Å². The van der Waals surface area contributed by atoms with Crippen LogP contribution in [0.2, 0.25) is 0 Å². The van der Waals surface area contributed by atoms with Gasteiger partial charge in [-0.3, -0.25) is 4.79 Å². The fourth-order valence-electron chi connectivity index (χ4n) is 2.49. The number of carbonyl (C=O) groups excluding carboxylic acids is 1. The fraction of sp³-hybridized carbons (Fsp3) is 0.588. The van der Waals surface area contributed by atoms with Crippen LogP contribution in [0.15, 0.2) is 24.3 Å². The van der Waals surface area contributed by atoms with Crippen LogP contribution in [0.3, 0.4) is 0 Å². The zero-order valence-corrected chi connectivity index (χ0v) is 12.8. The number of rotatable bonds is 7. The molecule has 1 aromatic carbocycles. The minimum atomic E-state index is -0.135. The van der Waals surface area contributed by atoms with Crippen LogP contribution < -0.4 is 10.1 Å². The molecule has 0 amide bonds. The van der Waals surface area contributed by atoms with Crippen LogP contribution in [0.5, 0.6) is 5.75 Å². The molecule has 0 atom stereocenters. The maximum Gasteiger partial charge on any atom is 0.306 e. The van der Waals surface area contributed by atoms with Crippen LogP contribution in [0, 0.1) is 5.92 Å². The van der Waals surface area contributed by atoms with Crippen molar-refractivity contribution in [2.45, 2.75) is 32.6 Å². The zero-order valence-electron chi connectivity index (χ0n) is 12.8. The van der Waals surface area contributed by atoms with E-state index in [1.807, 2.05) is 31.2 Å². The molecule has 0 saturated carbocycles. The summed E-state index contributed by atoms with van der Waals surface area (Å²) in [6.45, 7) is 5.26. The summed E-state index contributed by atoms with van der Waals surface area (Å²) in [4.78, 5) is 11.3. The van der Waals surface area contributed by atoms with E-state index in [4.69, 9.17) is 9.47 Å². The Morgan fingerprint density at radius 2 is 1.95 bits per heavy atom. The molecule has 4 nitrogen and oxygen atoms in total. The molecular formula is C17H25NO3. The fourth-order valence-corrected chi connectivity index (χ4v) is 2.49. The first-order valence-electron chi connectivity index (χ1n) is 7.86. The second-order valence-corrected chi connectivity index (χ2v) is 5.45. The molecule has 116 valence electrons. The molecule has 1 N–H and O–H groups in total. The third kappa shape index (κ3) is 5.76. The van der Waals surface area contributed by atoms with Gasteiger partial charge in [-0.25, -0.2) is 0 Å². The van der Waals surface area contributed by atoms with Gasteiger partial charge >= 0.3 is 5.97 Å². The summed E-state index contributed by atoms with van der Waals surface area (Å²) in [5.74, 6) is 1.44. The van der Waals surface area contributed by atoms with Gasteiger partial charge in [0.15, 0.2) is 0 Å². The molecule has 1 aliphatic rings. The van der Waals surface area contributed by atoms with Gasteiger partial charge < -0.3 is 14.8 Å². The molecule has 4 heteroatoms. The first-order chi connectivity index (χ1) is 10.3. The summed E-state index contributed by atoms with van der Waals surface area (Å²) in [6, 6.07) is 8.02. The van der Waals surface area contributed by atoms with Crippen molar-refractivity contribution >= 4 is 5.97 Å². The molecule has 0 bridgehead atoms. The molecule has 1 fully saturated rings. The van der Waals surface area contributed by atoms with Crippen molar-refractivity contribution in [1.29, 1.82) is 0 Å². The van der Waals surface area contributed by atoms with Gasteiger partial charge in [-0.2, -0.15) is 0 Å². The van der Waals surface area contributed by atoms with E-state index >= 15 is 0 Å². The predicted molar refractivity (Wildman–Crippen MR) is 82.5 cm³/mol. The van der Waals surface area contributed by atoms with Gasteiger partial charge in [0, 0.05) is 6.42 Å². The van der Waals surface area contributed by atoms with Crippen molar-refractivity contribution in [1.82, 2.24) is 5.32 Å². The number of esters is 1. The molecule has 1 heterocycles. The second kappa shape index (κ2) is 8.67. The lowest BCUT2D eigenvalue weighted by molar-refractivity contribution is -0.143. The highest BCUT2D eigenvalue weighted by Crippen LogP contribution is 2.17. The van der Waals surface area contributed by atoms with Gasteiger partial charge in [0.05, 0.1) is 13.2 Å². The summed E-state index contributed by atoms with van der Waals surface area (Å²) < 4.78 is 10.8. The van der Waals surface area contributed by atoms with Crippen molar-refractivity contribution in [2.75, 3.05) is 26.3 Å². The van der Waals surface area contributed by atoms with E-state index in [0.717, 1.165) is 31.0 Å². The Hall–Kier alpha value is -1.55. The smallest absolute Gasteiger partial charge is 0.306 e. The Bertz CT molecular complexity index is 424. The molecule has 0 aliphatic carbocycles. The van der Waals surface area contributed by atoms with Crippen LogP contribution in [0.4, 0.5) is 0 Å². The third-order valence-electron chi connectivity index (χ3n) is 3.79. The lowest BCUT2D eigenvalue weighted by Gasteiger charge is -2.22. The summed E-state index contributed by atoms with van der Waals surface area (Å²) in [5, 5.41) is 3.36. The number of ether oxygens (including phenoxy) is 2. The van der Waals surface area contributed by atoms with Crippen molar-refractivity contribution < 1.29 is 14.3 Å². The SMILES string of the molecule is CCOC(=O)CCc1ccc(OCC2CCNCC2)cc1. The van der Waals surface area contributed by atoms with Gasteiger partial charge in [0.2, 0.25) is 0 Å². The second-order valence-electron chi connectivity index (χ2n) is 5.45. The Labute approximate surface area is 126 Å². The van der Waals surface area contributed by atoms with Crippen LogP contribution >= 0.6 is 0 Å². The average molecular weight is 291 g/mol. The van der Waals surface area contributed by atoms with Gasteiger partial charge in [-0.15, -0.1) is 0 Å². The Balaban J connectivity index is 1.72. The van der Waals surface area contributed by atoms with E-state index in [9.17, 15) is 4.79 Å². The highest BCUT2D eigenvalue weighted by molar-refractivity contribution is 5.69. The summed E-state index contributed by atoms with van der Waals surface area (Å²) in [5.41, 5.74) is 1.14. The molecule has 21 heavy (non-hydrogen) atoms. The molecule has 0 unspecified atom stereocenters. The topological polar surface area (TPSA) is 47.6 Å². The maximum atomic E-state index is 11.3. The number of hydrogen-bond acceptors (Lipinski definition) is 4. The van der Waals surface area contributed by atoms with E-state index in [1.54, 1.807) is 0 Å². The lowest BCUT2D eigenvalue weighted by Crippen LogP contribution is -2.30. The standard InChI is InChI=1S/C17H25NO3/c1-2-20-17(19)8-5-14-3-6-16(7-4-14)21-13-15-9-11-18-12-10-15/h3-4,6-7,15,18H,2,5,8-13H2,1H3. The molecule has 1 aliphatic heterocycles.